The third-order valence-corrected chi connectivity index (χ3v) is 4.93. The molecule has 0 amide bonds. The zero-order chi connectivity index (χ0) is 18.2. The summed E-state index contributed by atoms with van der Waals surface area (Å²) < 4.78 is 6.66. The number of aromatic nitrogens is 1. The lowest BCUT2D eigenvalue weighted by atomic mass is 9.98. The lowest BCUT2D eigenvalue weighted by Gasteiger charge is -2.14. The normalized spacial score (nSPS) is 17.9. The van der Waals surface area contributed by atoms with Crippen molar-refractivity contribution in [3.8, 4) is 11.8 Å². The SMILES string of the molecule is CCOC(=O)C1=C(C)Cc2c1c(C#CC1(O)CCCC1)cn(C)c2=O. The fraction of sp³-hybridized carbons (Fsp3) is 0.500. The number of aliphatic hydroxyl groups is 1. The number of allylic oxidation sites excluding steroid dienone is 1. The van der Waals surface area contributed by atoms with Crippen LogP contribution in [-0.2, 0) is 23.0 Å². The maximum absolute atomic E-state index is 12.5. The van der Waals surface area contributed by atoms with Crippen molar-refractivity contribution in [3.63, 3.8) is 0 Å². The monoisotopic (exact) mass is 341 g/mol. The maximum Gasteiger partial charge on any atom is 0.338 e. The van der Waals surface area contributed by atoms with Crippen molar-refractivity contribution >= 4 is 11.5 Å². The third-order valence-electron chi connectivity index (χ3n) is 4.93. The van der Waals surface area contributed by atoms with Crippen LogP contribution in [0.15, 0.2) is 16.6 Å². The number of ether oxygens (including phenoxy) is 1. The second kappa shape index (κ2) is 6.53. The Labute approximate surface area is 147 Å². The molecule has 0 aliphatic heterocycles. The molecule has 2 aliphatic rings. The van der Waals surface area contributed by atoms with E-state index in [2.05, 4.69) is 11.8 Å². The van der Waals surface area contributed by atoms with Crippen LogP contribution in [0.4, 0.5) is 0 Å². The van der Waals surface area contributed by atoms with Gasteiger partial charge in [-0.3, -0.25) is 4.79 Å². The molecular weight excluding hydrogens is 318 g/mol. The Hall–Kier alpha value is -2.32. The fourth-order valence-corrected chi connectivity index (χ4v) is 3.66. The molecule has 0 bridgehead atoms. The largest absolute Gasteiger partial charge is 0.462 e. The lowest BCUT2D eigenvalue weighted by molar-refractivity contribution is -0.136. The highest BCUT2D eigenvalue weighted by Gasteiger charge is 2.32. The first-order valence-electron chi connectivity index (χ1n) is 8.71. The number of aryl methyl sites for hydroxylation is 1. The van der Waals surface area contributed by atoms with Gasteiger partial charge in [0.2, 0.25) is 0 Å². The molecule has 1 heterocycles. The number of fused-ring (bicyclic) bond motifs is 1. The topological polar surface area (TPSA) is 68.5 Å². The van der Waals surface area contributed by atoms with Gasteiger partial charge in [0.05, 0.1) is 12.2 Å². The number of nitrogens with zero attached hydrogens (tertiary/aromatic N) is 1. The number of carbonyl (C=O) groups excluding carboxylic acids is 1. The predicted octanol–water partition coefficient (Wildman–Crippen LogP) is 1.93. The lowest BCUT2D eigenvalue weighted by Crippen LogP contribution is -2.23. The summed E-state index contributed by atoms with van der Waals surface area (Å²) in [5.41, 5.74) is 1.91. The van der Waals surface area contributed by atoms with Crippen LogP contribution in [0.25, 0.3) is 5.57 Å². The van der Waals surface area contributed by atoms with Crippen LogP contribution in [0.2, 0.25) is 0 Å². The Morgan fingerprint density at radius 2 is 2.08 bits per heavy atom. The van der Waals surface area contributed by atoms with E-state index in [0.717, 1.165) is 18.4 Å². The van der Waals surface area contributed by atoms with E-state index in [1.165, 1.54) is 4.57 Å². The highest BCUT2D eigenvalue weighted by molar-refractivity contribution is 6.19. The Balaban J connectivity index is 2.14. The van der Waals surface area contributed by atoms with E-state index in [-0.39, 0.29) is 12.2 Å². The van der Waals surface area contributed by atoms with Crippen molar-refractivity contribution in [1.29, 1.82) is 0 Å². The van der Waals surface area contributed by atoms with Gasteiger partial charge in [-0.15, -0.1) is 0 Å². The number of hydrogen-bond acceptors (Lipinski definition) is 4. The first kappa shape index (κ1) is 17.5. The fourth-order valence-electron chi connectivity index (χ4n) is 3.66. The minimum Gasteiger partial charge on any atom is -0.462 e. The van der Waals surface area contributed by atoms with E-state index in [9.17, 15) is 14.7 Å². The first-order chi connectivity index (χ1) is 11.9. The van der Waals surface area contributed by atoms with Crippen LogP contribution in [0.3, 0.4) is 0 Å². The molecule has 2 aliphatic carbocycles. The molecule has 3 rings (SSSR count). The molecule has 0 spiro atoms. The van der Waals surface area contributed by atoms with Gasteiger partial charge in [-0.25, -0.2) is 4.79 Å². The van der Waals surface area contributed by atoms with E-state index >= 15 is 0 Å². The summed E-state index contributed by atoms with van der Waals surface area (Å²) in [6, 6.07) is 0. The maximum atomic E-state index is 12.5. The van der Waals surface area contributed by atoms with Gasteiger partial charge in [-0.05, 0) is 39.5 Å². The smallest absolute Gasteiger partial charge is 0.338 e. The Morgan fingerprint density at radius 1 is 1.40 bits per heavy atom. The summed E-state index contributed by atoms with van der Waals surface area (Å²) in [7, 11) is 1.68. The van der Waals surface area contributed by atoms with Crippen LogP contribution in [0, 0.1) is 11.8 Å². The second-order valence-electron chi connectivity index (χ2n) is 6.85. The first-order valence-corrected chi connectivity index (χ1v) is 8.71. The molecule has 5 nitrogen and oxygen atoms in total. The van der Waals surface area contributed by atoms with E-state index < -0.39 is 11.6 Å². The second-order valence-corrected chi connectivity index (χ2v) is 6.85. The van der Waals surface area contributed by atoms with E-state index in [1.807, 2.05) is 6.92 Å². The molecular formula is C20H23NO4. The van der Waals surface area contributed by atoms with Crippen molar-refractivity contribution in [2.24, 2.45) is 7.05 Å². The van der Waals surface area contributed by atoms with Gasteiger partial charge in [0.1, 0.15) is 5.60 Å². The molecule has 1 saturated carbocycles. The summed E-state index contributed by atoms with van der Waals surface area (Å²) >= 11 is 0. The van der Waals surface area contributed by atoms with Crippen molar-refractivity contribution < 1.29 is 14.6 Å². The standard InChI is InChI=1S/C20H23NO4/c1-4-25-19(23)16-13(2)11-15-17(16)14(12-21(3)18(15)22)7-10-20(24)8-5-6-9-20/h12,24H,4-6,8-9,11H2,1-3H3. The van der Waals surface area contributed by atoms with Gasteiger partial charge in [0, 0.05) is 36.4 Å². The van der Waals surface area contributed by atoms with Gasteiger partial charge in [-0.1, -0.05) is 17.4 Å². The molecule has 0 atom stereocenters. The molecule has 5 heteroatoms. The molecule has 0 radical (unpaired) electrons. The van der Waals surface area contributed by atoms with E-state index in [1.54, 1.807) is 20.2 Å². The molecule has 0 unspecified atom stereocenters. The van der Waals surface area contributed by atoms with Crippen LogP contribution in [-0.4, -0.2) is 27.9 Å². The Kier molecular flexibility index (Phi) is 4.57. The summed E-state index contributed by atoms with van der Waals surface area (Å²) in [6.45, 7) is 3.87. The minimum absolute atomic E-state index is 0.126. The molecule has 1 fully saturated rings. The van der Waals surface area contributed by atoms with Crippen molar-refractivity contribution in [2.45, 2.75) is 51.6 Å². The van der Waals surface area contributed by atoms with Gasteiger partial charge in [0.15, 0.2) is 0 Å². The summed E-state index contributed by atoms with van der Waals surface area (Å²) in [5.74, 6) is 5.59. The molecule has 1 aromatic heterocycles. The van der Waals surface area contributed by atoms with Crippen molar-refractivity contribution in [3.05, 3.63) is 38.8 Å². The third kappa shape index (κ3) is 3.14. The Bertz CT molecular complexity index is 873. The van der Waals surface area contributed by atoms with E-state index in [0.29, 0.717) is 41.5 Å². The molecule has 25 heavy (non-hydrogen) atoms. The average molecular weight is 341 g/mol. The van der Waals surface area contributed by atoms with Crippen LogP contribution < -0.4 is 5.56 Å². The average Bonchev–Trinajstić information content (AvgIpc) is 3.14. The van der Waals surface area contributed by atoms with E-state index in [4.69, 9.17) is 4.74 Å². The predicted molar refractivity (Wildman–Crippen MR) is 94.9 cm³/mol. The van der Waals surface area contributed by atoms with Crippen molar-refractivity contribution in [2.75, 3.05) is 6.61 Å². The molecule has 0 saturated heterocycles. The van der Waals surface area contributed by atoms with Crippen LogP contribution >= 0.6 is 0 Å². The van der Waals surface area contributed by atoms with Gasteiger partial charge in [-0.2, -0.15) is 0 Å². The quantitative estimate of drug-likeness (QED) is 0.659. The number of rotatable bonds is 2. The van der Waals surface area contributed by atoms with Crippen LogP contribution in [0.1, 0.15) is 56.2 Å². The number of carbonyl (C=O) groups is 1. The number of pyridine rings is 1. The van der Waals surface area contributed by atoms with Crippen molar-refractivity contribution in [1.82, 2.24) is 4.57 Å². The summed E-state index contributed by atoms with van der Waals surface area (Å²) in [6.07, 6.45) is 5.31. The summed E-state index contributed by atoms with van der Waals surface area (Å²) in [4.78, 5) is 24.9. The molecule has 0 aromatic carbocycles. The van der Waals surface area contributed by atoms with Crippen LogP contribution in [0.5, 0.6) is 0 Å². The van der Waals surface area contributed by atoms with Gasteiger partial charge in [0.25, 0.3) is 5.56 Å². The summed E-state index contributed by atoms with van der Waals surface area (Å²) in [5, 5.41) is 10.5. The zero-order valence-corrected chi connectivity index (χ0v) is 14.9. The van der Waals surface area contributed by atoms with Gasteiger partial charge >= 0.3 is 5.97 Å². The molecule has 1 aromatic rings. The number of esters is 1. The highest BCUT2D eigenvalue weighted by Crippen LogP contribution is 2.34. The molecule has 132 valence electrons. The highest BCUT2D eigenvalue weighted by atomic mass is 16.5. The minimum atomic E-state index is -0.969. The Morgan fingerprint density at radius 3 is 2.72 bits per heavy atom. The molecule has 1 N–H and O–H groups in total. The zero-order valence-electron chi connectivity index (χ0n) is 14.9. The van der Waals surface area contributed by atoms with Gasteiger partial charge < -0.3 is 14.4 Å². The number of hydrogen-bond donors (Lipinski definition) is 1.